The van der Waals surface area contributed by atoms with Crippen molar-refractivity contribution >= 4 is 17.4 Å². The minimum Gasteiger partial charge on any atom is -0.452 e. The van der Waals surface area contributed by atoms with E-state index in [1.807, 2.05) is 24.3 Å². The number of benzene rings is 2. The van der Waals surface area contributed by atoms with Gasteiger partial charge in [0.2, 0.25) is 0 Å². The Morgan fingerprint density at radius 1 is 1.04 bits per heavy atom. The maximum absolute atomic E-state index is 12.3. The van der Waals surface area contributed by atoms with Crippen molar-refractivity contribution in [2.75, 3.05) is 19.7 Å². The van der Waals surface area contributed by atoms with E-state index in [2.05, 4.69) is 12.1 Å². The summed E-state index contributed by atoms with van der Waals surface area (Å²) in [5.74, 6) is -0.742. The van der Waals surface area contributed by atoms with Crippen LogP contribution < -0.4 is 0 Å². The van der Waals surface area contributed by atoms with Crippen LogP contribution in [0.15, 0.2) is 60.7 Å². The quantitative estimate of drug-likeness (QED) is 0.841. The molecule has 5 nitrogen and oxygen atoms in total. The average Bonchev–Trinajstić information content (AvgIpc) is 2.72. The fourth-order valence-electron chi connectivity index (χ4n) is 2.86. The molecule has 0 atom stereocenters. The summed E-state index contributed by atoms with van der Waals surface area (Å²) in [4.78, 5) is 26.0. The fourth-order valence-corrected chi connectivity index (χ4v) is 2.86. The number of rotatable bonds is 5. The zero-order valence-electron chi connectivity index (χ0n) is 14.4. The van der Waals surface area contributed by atoms with Gasteiger partial charge in [-0.05, 0) is 35.3 Å². The maximum atomic E-state index is 12.3. The van der Waals surface area contributed by atoms with Crippen LogP contribution in [-0.2, 0) is 16.1 Å². The van der Waals surface area contributed by atoms with Crippen LogP contribution in [0.1, 0.15) is 27.9 Å². The van der Waals surface area contributed by atoms with Crippen LogP contribution in [0.2, 0.25) is 0 Å². The van der Waals surface area contributed by atoms with E-state index in [1.54, 1.807) is 29.2 Å². The highest BCUT2D eigenvalue weighted by atomic mass is 16.5. The van der Waals surface area contributed by atoms with Crippen LogP contribution in [-0.4, -0.2) is 41.6 Å². The Morgan fingerprint density at radius 3 is 2.38 bits per heavy atom. The van der Waals surface area contributed by atoms with Gasteiger partial charge in [0, 0.05) is 13.1 Å². The van der Waals surface area contributed by atoms with Crippen LogP contribution in [0, 0.1) is 0 Å². The Kier molecular flexibility index (Phi) is 5.81. The number of esters is 1. The number of aliphatic hydroxyl groups excluding tert-OH is 1. The number of hydrogen-bond acceptors (Lipinski definition) is 4. The molecule has 0 aromatic heterocycles. The van der Waals surface area contributed by atoms with Gasteiger partial charge >= 0.3 is 5.97 Å². The monoisotopic (exact) mass is 351 g/mol. The largest absolute Gasteiger partial charge is 0.452 e. The third-order valence-electron chi connectivity index (χ3n) is 4.41. The Morgan fingerprint density at radius 2 is 1.77 bits per heavy atom. The predicted octanol–water partition coefficient (Wildman–Crippen LogP) is 2.65. The van der Waals surface area contributed by atoms with Crippen molar-refractivity contribution < 1.29 is 19.4 Å². The summed E-state index contributed by atoms with van der Waals surface area (Å²) in [7, 11) is 0. The molecule has 134 valence electrons. The first-order valence-electron chi connectivity index (χ1n) is 8.56. The van der Waals surface area contributed by atoms with Crippen LogP contribution in [0.25, 0.3) is 5.57 Å². The molecule has 0 saturated heterocycles. The summed E-state index contributed by atoms with van der Waals surface area (Å²) in [5, 5.41) is 9.01. The van der Waals surface area contributed by atoms with Crippen molar-refractivity contribution in [3.63, 3.8) is 0 Å². The fraction of sp³-hybridized carbons (Fsp3) is 0.238. The van der Waals surface area contributed by atoms with Crippen molar-refractivity contribution in [1.29, 1.82) is 0 Å². The highest BCUT2D eigenvalue weighted by Gasteiger charge is 2.19. The van der Waals surface area contributed by atoms with E-state index in [1.165, 1.54) is 11.1 Å². The van der Waals surface area contributed by atoms with Crippen LogP contribution >= 0.6 is 0 Å². The zero-order valence-corrected chi connectivity index (χ0v) is 14.4. The van der Waals surface area contributed by atoms with E-state index in [-0.39, 0.29) is 19.1 Å². The Labute approximate surface area is 152 Å². The Bertz CT molecular complexity index is 797. The molecule has 0 saturated carbocycles. The van der Waals surface area contributed by atoms with E-state index in [4.69, 9.17) is 9.84 Å². The van der Waals surface area contributed by atoms with Gasteiger partial charge in [0.15, 0.2) is 6.61 Å². The molecule has 1 aliphatic rings. The summed E-state index contributed by atoms with van der Waals surface area (Å²) >= 11 is 0. The van der Waals surface area contributed by atoms with Crippen LogP contribution in [0.4, 0.5) is 0 Å². The predicted molar refractivity (Wildman–Crippen MR) is 98.3 cm³/mol. The van der Waals surface area contributed by atoms with E-state index in [0.717, 1.165) is 6.42 Å². The molecule has 0 radical (unpaired) electrons. The third kappa shape index (κ3) is 4.37. The summed E-state index contributed by atoms with van der Waals surface area (Å²) in [6.07, 6.45) is 2.83. The number of amides is 1. The number of ether oxygens (including phenoxy) is 1. The molecular weight excluding hydrogens is 330 g/mol. The van der Waals surface area contributed by atoms with Gasteiger partial charge in [0.25, 0.3) is 5.91 Å². The summed E-state index contributed by atoms with van der Waals surface area (Å²) in [6, 6.07) is 16.6. The maximum Gasteiger partial charge on any atom is 0.338 e. The summed E-state index contributed by atoms with van der Waals surface area (Å²) in [5.41, 5.74) is 3.49. The Balaban J connectivity index is 1.51. The normalized spacial score (nSPS) is 13.9. The highest BCUT2D eigenvalue weighted by Crippen LogP contribution is 2.22. The molecule has 0 fully saturated rings. The second-order valence-corrected chi connectivity index (χ2v) is 6.12. The third-order valence-corrected chi connectivity index (χ3v) is 4.41. The lowest BCUT2D eigenvalue weighted by molar-refractivity contribution is -0.134. The summed E-state index contributed by atoms with van der Waals surface area (Å²) in [6.45, 7) is 0.782. The van der Waals surface area contributed by atoms with E-state index >= 15 is 0 Å². The van der Waals surface area contributed by atoms with Crippen LogP contribution in [0.3, 0.4) is 0 Å². The highest BCUT2D eigenvalue weighted by molar-refractivity contribution is 5.91. The van der Waals surface area contributed by atoms with Gasteiger partial charge in [0.1, 0.15) is 0 Å². The number of carbonyl (C=O) groups is 2. The second kappa shape index (κ2) is 8.45. The van der Waals surface area contributed by atoms with Gasteiger partial charge in [0.05, 0.1) is 12.2 Å². The lowest BCUT2D eigenvalue weighted by Gasteiger charge is -2.26. The molecule has 1 heterocycles. The van der Waals surface area contributed by atoms with Crippen molar-refractivity contribution in [2.24, 2.45) is 0 Å². The van der Waals surface area contributed by atoms with E-state index in [0.29, 0.717) is 24.2 Å². The lowest BCUT2D eigenvalue weighted by atomic mass is 10.00. The molecule has 1 aliphatic heterocycles. The van der Waals surface area contributed by atoms with Gasteiger partial charge in [-0.15, -0.1) is 0 Å². The molecule has 0 aliphatic carbocycles. The lowest BCUT2D eigenvalue weighted by Crippen LogP contribution is -2.37. The minimum absolute atomic E-state index is 0.0821. The molecule has 2 aromatic rings. The molecule has 26 heavy (non-hydrogen) atoms. The van der Waals surface area contributed by atoms with Gasteiger partial charge in [-0.3, -0.25) is 4.79 Å². The van der Waals surface area contributed by atoms with Crippen molar-refractivity contribution in [2.45, 2.75) is 13.0 Å². The number of nitrogens with zero attached hydrogens (tertiary/aromatic N) is 1. The molecule has 0 bridgehead atoms. The standard InChI is InChI=1S/C21H21NO4/c23-14-16-6-8-19(9-7-16)21(25)26-15-20(24)22-12-10-18(11-13-22)17-4-2-1-3-5-17/h1-10,23H,11-15H2. The first-order valence-corrected chi connectivity index (χ1v) is 8.56. The molecule has 3 rings (SSSR count). The number of aliphatic hydroxyl groups is 1. The van der Waals surface area contributed by atoms with Gasteiger partial charge < -0.3 is 14.7 Å². The second-order valence-electron chi connectivity index (χ2n) is 6.12. The van der Waals surface area contributed by atoms with E-state index in [9.17, 15) is 9.59 Å². The zero-order chi connectivity index (χ0) is 18.4. The van der Waals surface area contributed by atoms with E-state index < -0.39 is 5.97 Å². The molecule has 1 N–H and O–H groups in total. The van der Waals surface area contributed by atoms with Crippen molar-refractivity contribution in [3.05, 3.63) is 77.4 Å². The summed E-state index contributed by atoms with van der Waals surface area (Å²) < 4.78 is 5.11. The molecule has 2 aromatic carbocycles. The van der Waals surface area contributed by atoms with Crippen molar-refractivity contribution in [1.82, 2.24) is 4.90 Å². The molecule has 1 amide bonds. The number of hydrogen-bond donors (Lipinski definition) is 1. The van der Waals surface area contributed by atoms with Gasteiger partial charge in [-0.2, -0.15) is 0 Å². The minimum atomic E-state index is -0.541. The Hall–Kier alpha value is -2.92. The first kappa shape index (κ1) is 17.9. The van der Waals surface area contributed by atoms with Gasteiger partial charge in [-0.25, -0.2) is 4.79 Å². The molecule has 5 heteroatoms. The average molecular weight is 351 g/mol. The van der Waals surface area contributed by atoms with Crippen LogP contribution in [0.5, 0.6) is 0 Å². The topological polar surface area (TPSA) is 66.8 Å². The SMILES string of the molecule is O=C(OCC(=O)N1CC=C(c2ccccc2)CC1)c1ccc(CO)cc1. The van der Waals surface area contributed by atoms with Gasteiger partial charge in [-0.1, -0.05) is 48.5 Å². The molecule has 0 unspecified atom stereocenters. The molecular formula is C21H21NO4. The molecule has 0 spiro atoms. The van der Waals surface area contributed by atoms with Crippen molar-refractivity contribution in [3.8, 4) is 0 Å². The smallest absolute Gasteiger partial charge is 0.338 e. The number of carbonyl (C=O) groups excluding carboxylic acids is 2. The first-order chi connectivity index (χ1) is 12.7.